The molecular weight excluding hydrogens is 330 g/mol. The molecule has 1 aliphatic rings. The van der Waals surface area contributed by atoms with Crippen LogP contribution in [0.15, 0.2) is 29.1 Å². The topological polar surface area (TPSA) is 75.4 Å². The molecule has 1 saturated heterocycles. The van der Waals surface area contributed by atoms with E-state index in [9.17, 15) is 14.7 Å². The normalized spacial score (nSPS) is 16.8. The fourth-order valence-electron chi connectivity index (χ4n) is 3.64. The van der Waals surface area contributed by atoms with E-state index in [0.29, 0.717) is 55.5 Å². The molecule has 3 rings (SSSR count). The Bertz CT molecular complexity index is 851. The van der Waals surface area contributed by atoms with E-state index in [2.05, 4.69) is 4.98 Å². The van der Waals surface area contributed by atoms with Crippen molar-refractivity contribution in [3.8, 4) is 0 Å². The number of aromatic nitrogens is 2. The van der Waals surface area contributed by atoms with Gasteiger partial charge in [-0.05, 0) is 31.4 Å². The smallest absolute Gasteiger partial charge is 0.261 e. The van der Waals surface area contributed by atoms with E-state index < -0.39 is 5.60 Å². The van der Waals surface area contributed by atoms with Crippen LogP contribution in [0.25, 0.3) is 10.9 Å². The van der Waals surface area contributed by atoms with E-state index in [0.717, 1.165) is 6.42 Å². The summed E-state index contributed by atoms with van der Waals surface area (Å²) in [5, 5.41) is 11.6. The minimum atomic E-state index is -0.985. The van der Waals surface area contributed by atoms with E-state index in [-0.39, 0.29) is 18.0 Å². The van der Waals surface area contributed by atoms with Gasteiger partial charge in [0.1, 0.15) is 5.82 Å². The number of hydrogen-bond donors (Lipinski definition) is 1. The molecule has 1 N–H and O–H groups in total. The predicted octanol–water partition coefficient (Wildman–Crippen LogP) is 2.11. The molecule has 2 aromatic rings. The number of hydrogen-bond acceptors (Lipinski definition) is 4. The molecule has 140 valence electrons. The van der Waals surface area contributed by atoms with Gasteiger partial charge in [0.25, 0.3) is 5.56 Å². The second-order valence-corrected chi connectivity index (χ2v) is 7.15. The first-order chi connectivity index (χ1) is 12.5. The van der Waals surface area contributed by atoms with Crippen LogP contribution >= 0.6 is 0 Å². The van der Waals surface area contributed by atoms with E-state index in [1.807, 2.05) is 36.9 Å². The lowest BCUT2D eigenvalue weighted by molar-refractivity contribution is -0.135. The van der Waals surface area contributed by atoms with Gasteiger partial charge in [-0.3, -0.25) is 14.2 Å². The van der Waals surface area contributed by atoms with Gasteiger partial charge in [0.15, 0.2) is 0 Å². The van der Waals surface area contributed by atoms with Gasteiger partial charge in [-0.15, -0.1) is 0 Å². The maximum Gasteiger partial charge on any atom is 0.261 e. The van der Waals surface area contributed by atoms with Crippen LogP contribution in [0.3, 0.4) is 0 Å². The fourth-order valence-corrected chi connectivity index (χ4v) is 3.64. The van der Waals surface area contributed by atoms with E-state index in [4.69, 9.17) is 0 Å². The summed E-state index contributed by atoms with van der Waals surface area (Å²) < 4.78 is 1.62. The quantitative estimate of drug-likeness (QED) is 0.889. The standard InChI is InChI=1S/C20H27N3O3/c1-3-7-18(24)22-12-10-20(26,11-13-22)14-23-17(4-2)21-16-9-6-5-8-15(16)19(23)25/h5-6,8-9,26H,3-4,7,10-14H2,1-2H3. The summed E-state index contributed by atoms with van der Waals surface area (Å²) in [5.74, 6) is 0.833. The molecule has 0 radical (unpaired) electrons. The van der Waals surface area contributed by atoms with Crippen molar-refractivity contribution in [2.24, 2.45) is 0 Å². The average Bonchev–Trinajstić information content (AvgIpc) is 2.64. The number of piperidine rings is 1. The molecule has 0 aliphatic carbocycles. The third-order valence-electron chi connectivity index (χ3n) is 5.22. The molecule has 1 aromatic heterocycles. The molecule has 1 aromatic carbocycles. The molecule has 6 nitrogen and oxygen atoms in total. The van der Waals surface area contributed by atoms with E-state index in [1.54, 1.807) is 10.6 Å². The first-order valence-corrected chi connectivity index (χ1v) is 9.46. The number of carbonyl (C=O) groups excluding carboxylic acids is 1. The lowest BCUT2D eigenvalue weighted by atomic mass is 9.91. The number of para-hydroxylation sites is 1. The Morgan fingerprint density at radius 3 is 2.58 bits per heavy atom. The highest BCUT2D eigenvalue weighted by atomic mass is 16.3. The van der Waals surface area contributed by atoms with Crippen molar-refractivity contribution in [2.45, 2.75) is 58.1 Å². The number of benzene rings is 1. The summed E-state index contributed by atoms with van der Waals surface area (Å²) in [6.07, 6.45) is 2.96. The Balaban J connectivity index is 1.84. The molecule has 0 spiro atoms. The van der Waals surface area contributed by atoms with Crippen LogP contribution in [0.5, 0.6) is 0 Å². The highest BCUT2D eigenvalue weighted by Gasteiger charge is 2.35. The van der Waals surface area contributed by atoms with Gasteiger partial charge < -0.3 is 10.0 Å². The van der Waals surface area contributed by atoms with Crippen LogP contribution in [0.1, 0.15) is 45.4 Å². The molecule has 0 bridgehead atoms. The summed E-state index contributed by atoms with van der Waals surface area (Å²) in [4.78, 5) is 31.4. The van der Waals surface area contributed by atoms with Gasteiger partial charge >= 0.3 is 0 Å². The molecule has 1 aliphatic heterocycles. The summed E-state index contributed by atoms with van der Waals surface area (Å²) in [5.41, 5.74) is -0.399. The van der Waals surface area contributed by atoms with Crippen LogP contribution in [0, 0.1) is 0 Å². The number of amides is 1. The first-order valence-electron chi connectivity index (χ1n) is 9.46. The number of carbonyl (C=O) groups is 1. The molecular formula is C20H27N3O3. The van der Waals surface area contributed by atoms with Crippen molar-refractivity contribution in [1.29, 1.82) is 0 Å². The van der Waals surface area contributed by atoms with Crippen molar-refractivity contribution in [1.82, 2.24) is 14.5 Å². The molecule has 0 unspecified atom stereocenters. The Morgan fingerprint density at radius 1 is 1.23 bits per heavy atom. The SMILES string of the molecule is CCCC(=O)N1CCC(O)(Cn2c(CC)nc3ccccc3c2=O)CC1. The number of rotatable bonds is 5. The Morgan fingerprint density at radius 2 is 1.92 bits per heavy atom. The number of aryl methyl sites for hydroxylation is 1. The first kappa shape index (κ1) is 18.6. The van der Waals surface area contributed by atoms with Crippen LogP contribution in [0.2, 0.25) is 0 Å². The number of nitrogens with zero attached hydrogens (tertiary/aromatic N) is 3. The van der Waals surface area contributed by atoms with E-state index in [1.165, 1.54) is 0 Å². The van der Waals surface area contributed by atoms with Gasteiger partial charge in [-0.1, -0.05) is 26.0 Å². The lowest BCUT2D eigenvalue weighted by Gasteiger charge is -2.38. The molecule has 0 atom stereocenters. The van der Waals surface area contributed by atoms with E-state index >= 15 is 0 Å². The van der Waals surface area contributed by atoms with Crippen LogP contribution < -0.4 is 5.56 Å². The minimum Gasteiger partial charge on any atom is -0.388 e. The Hall–Kier alpha value is -2.21. The third-order valence-corrected chi connectivity index (χ3v) is 5.22. The van der Waals surface area contributed by atoms with Crippen molar-refractivity contribution >= 4 is 16.8 Å². The third kappa shape index (κ3) is 3.65. The molecule has 1 fully saturated rings. The van der Waals surface area contributed by atoms with Gasteiger partial charge in [0.05, 0.1) is 23.0 Å². The zero-order valence-electron chi connectivity index (χ0n) is 15.6. The zero-order chi connectivity index (χ0) is 18.7. The largest absolute Gasteiger partial charge is 0.388 e. The lowest BCUT2D eigenvalue weighted by Crippen LogP contribution is -2.50. The van der Waals surface area contributed by atoms with Gasteiger partial charge in [0, 0.05) is 25.9 Å². The summed E-state index contributed by atoms with van der Waals surface area (Å²) >= 11 is 0. The summed E-state index contributed by atoms with van der Waals surface area (Å²) in [6, 6.07) is 7.31. The number of likely N-dealkylation sites (tertiary alicyclic amines) is 1. The second-order valence-electron chi connectivity index (χ2n) is 7.15. The highest BCUT2D eigenvalue weighted by Crippen LogP contribution is 2.25. The summed E-state index contributed by atoms with van der Waals surface area (Å²) in [7, 11) is 0. The number of aliphatic hydroxyl groups is 1. The van der Waals surface area contributed by atoms with Gasteiger partial charge in [0.2, 0.25) is 5.91 Å². The van der Waals surface area contributed by atoms with Crippen LogP contribution in [0.4, 0.5) is 0 Å². The van der Waals surface area contributed by atoms with Crippen molar-refractivity contribution in [3.63, 3.8) is 0 Å². The minimum absolute atomic E-state index is 0.106. The van der Waals surface area contributed by atoms with Crippen LogP contribution in [-0.4, -0.2) is 44.2 Å². The average molecular weight is 357 g/mol. The monoisotopic (exact) mass is 357 g/mol. The predicted molar refractivity (Wildman–Crippen MR) is 101 cm³/mol. The van der Waals surface area contributed by atoms with Crippen molar-refractivity contribution in [2.75, 3.05) is 13.1 Å². The maximum atomic E-state index is 12.9. The van der Waals surface area contributed by atoms with Crippen LogP contribution in [-0.2, 0) is 17.8 Å². The Kier molecular flexibility index (Phi) is 5.41. The molecule has 26 heavy (non-hydrogen) atoms. The fraction of sp³-hybridized carbons (Fsp3) is 0.550. The molecule has 1 amide bonds. The highest BCUT2D eigenvalue weighted by molar-refractivity contribution is 5.77. The maximum absolute atomic E-state index is 12.9. The van der Waals surface area contributed by atoms with Gasteiger partial charge in [-0.25, -0.2) is 4.98 Å². The Labute approximate surface area is 153 Å². The molecule has 2 heterocycles. The van der Waals surface area contributed by atoms with Crippen molar-refractivity contribution < 1.29 is 9.90 Å². The van der Waals surface area contributed by atoms with Gasteiger partial charge in [-0.2, -0.15) is 0 Å². The molecule has 0 saturated carbocycles. The van der Waals surface area contributed by atoms with Crippen molar-refractivity contribution in [3.05, 3.63) is 40.4 Å². The molecule has 6 heteroatoms. The second kappa shape index (κ2) is 7.58. The summed E-state index contributed by atoms with van der Waals surface area (Å²) in [6.45, 7) is 5.24. The zero-order valence-corrected chi connectivity index (χ0v) is 15.6. The number of fused-ring (bicyclic) bond motifs is 1.